The maximum absolute atomic E-state index is 12.8. The van der Waals surface area contributed by atoms with E-state index in [9.17, 15) is 19.4 Å². The van der Waals surface area contributed by atoms with E-state index in [1.807, 2.05) is 21.1 Å². The van der Waals surface area contributed by atoms with Gasteiger partial charge in [-0.15, -0.1) is 0 Å². The number of unbranched alkanes of at least 4 members (excludes halogenated alkanes) is 11. The third-order valence-electron chi connectivity index (χ3n) is 9.15. The summed E-state index contributed by atoms with van der Waals surface area (Å²) in [6, 6.07) is -0.835. The van der Waals surface area contributed by atoms with Gasteiger partial charge in [-0.1, -0.05) is 170 Å². The molecule has 56 heavy (non-hydrogen) atoms. The molecule has 0 spiro atoms. The van der Waals surface area contributed by atoms with Crippen LogP contribution >= 0.6 is 7.82 Å². The standard InChI is InChI=1S/C47H83N2O6P/c1-6-8-10-12-14-16-18-19-20-21-22-23-24-25-26-27-28-29-31-33-35-37-39-41-47(51)48-45(44-55-56(52,53)54-43-42-49(3,4)5)46(50)40-38-36-34-32-30-17-15-13-11-9-7-2/h8,10,14,16,19-20,22-23,25-26,28-29,33,35,45-46,50H,6-7,9,11-13,15,17-18,21,24,27,30-32,34,36-44H2,1-5H3,(H-,48,51,52,53)/b10-8-,16-14-,20-19-,23-22-,26-25-,29-28-,35-33-. The Labute approximate surface area is 344 Å². The third-order valence-corrected chi connectivity index (χ3v) is 10.1. The van der Waals surface area contributed by atoms with Crippen molar-refractivity contribution in [2.45, 2.75) is 167 Å². The summed E-state index contributed by atoms with van der Waals surface area (Å²) in [6.45, 7) is 4.52. The molecular formula is C47H83N2O6P. The number of aliphatic hydroxyl groups excluding tert-OH is 1. The SMILES string of the molecule is CC/C=C\C/C=C\C/C=C\C/C=C\C/C=C\C/C=C\C/C=C\CCCC(=O)NC(COP(=O)([O-])OCC[N+](C)(C)C)C(O)CCCCCCCCCCCCC. The van der Waals surface area contributed by atoms with E-state index in [2.05, 4.69) is 104 Å². The number of hydrogen-bond acceptors (Lipinski definition) is 6. The van der Waals surface area contributed by atoms with Crippen molar-refractivity contribution in [2.75, 3.05) is 40.9 Å². The van der Waals surface area contributed by atoms with Crippen molar-refractivity contribution in [2.24, 2.45) is 0 Å². The van der Waals surface area contributed by atoms with Gasteiger partial charge in [0.1, 0.15) is 13.2 Å². The highest BCUT2D eigenvalue weighted by Crippen LogP contribution is 2.38. The lowest BCUT2D eigenvalue weighted by atomic mass is 10.0. The molecule has 2 N–H and O–H groups in total. The minimum atomic E-state index is -4.58. The van der Waals surface area contributed by atoms with Gasteiger partial charge < -0.3 is 28.8 Å². The summed E-state index contributed by atoms with van der Waals surface area (Å²) in [5, 5.41) is 13.8. The van der Waals surface area contributed by atoms with Crippen LogP contribution in [0.15, 0.2) is 85.1 Å². The molecule has 0 aromatic carbocycles. The molecule has 0 saturated heterocycles. The summed E-state index contributed by atoms with van der Waals surface area (Å²) in [7, 11) is 1.25. The summed E-state index contributed by atoms with van der Waals surface area (Å²) in [4.78, 5) is 25.3. The second kappa shape index (κ2) is 38.2. The van der Waals surface area contributed by atoms with Crippen LogP contribution in [0.1, 0.15) is 155 Å². The van der Waals surface area contributed by atoms with Crippen molar-refractivity contribution in [3.05, 3.63) is 85.1 Å². The van der Waals surface area contributed by atoms with Crippen LogP contribution in [0.25, 0.3) is 0 Å². The topological polar surface area (TPSA) is 108 Å². The first kappa shape index (κ1) is 53.7. The normalized spacial score (nSPS) is 15.2. The number of carbonyl (C=O) groups is 1. The molecule has 0 aliphatic heterocycles. The fourth-order valence-electron chi connectivity index (χ4n) is 5.67. The molecule has 0 aromatic heterocycles. The van der Waals surface area contributed by atoms with E-state index in [4.69, 9.17) is 9.05 Å². The van der Waals surface area contributed by atoms with E-state index < -0.39 is 20.0 Å². The average Bonchev–Trinajstić information content (AvgIpc) is 3.15. The van der Waals surface area contributed by atoms with Gasteiger partial charge in [0.25, 0.3) is 7.82 Å². The van der Waals surface area contributed by atoms with Crippen molar-refractivity contribution < 1.29 is 32.9 Å². The number of allylic oxidation sites excluding steroid dienone is 14. The van der Waals surface area contributed by atoms with Gasteiger partial charge in [-0.25, -0.2) is 0 Å². The van der Waals surface area contributed by atoms with Crippen LogP contribution in [0.5, 0.6) is 0 Å². The monoisotopic (exact) mass is 803 g/mol. The Kier molecular flexibility index (Phi) is 36.6. The number of quaternary nitrogens is 1. The van der Waals surface area contributed by atoms with Crippen LogP contribution in [-0.2, 0) is 18.4 Å². The first-order valence-electron chi connectivity index (χ1n) is 21.9. The zero-order chi connectivity index (χ0) is 41.4. The average molecular weight is 803 g/mol. The molecule has 3 unspecified atom stereocenters. The number of phosphoric acid groups is 1. The van der Waals surface area contributed by atoms with E-state index in [1.165, 1.54) is 51.4 Å². The number of hydrogen-bond donors (Lipinski definition) is 2. The molecule has 322 valence electrons. The number of rotatable bonds is 38. The van der Waals surface area contributed by atoms with Crippen molar-refractivity contribution in [3.8, 4) is 0 Å². The van der Waals surface area contributed by atoms with Crippen molar-refractivity contribution in [1.82, 2.24) is 5.32 Å². The quantitative estimate of drug-likeness (QED) is 0.0279. The Morgan fingerprint density at radius 2 is 1.07 bits per heavy atom. The summed E-state index contributed by atoms with van der Waals surface area (Å²) >= 11 is 0. The molecule has 3 atom stereocenters. The molecule has 0 radical (unpaired) electrons. The zero-order valence-electron chi connectivity index (χ0n) is 36.3. The summed E-state index contributed by atoms with van der Waals surface area (Å²) in [6.07, 6.45) is 51.7. The van der Waals surface area contributed by atoms with Crippen LogP contribution in [0.4, 0.5) is 0 Å². The van der Waals surface area contributed by atoms with Gasteiger partial charge in [0.2, 0.25) is 5.91 Å². The van der Waals surface area contributed by atoms with E-state index in [-0.39, 0.29) is 25.5 Å². The molecule has 0 heterocycles. The van der Waals surface area contributed by atoms with Gasteiger partial charge in [-0.3, -0.25) is 9.36 Å². The minimum Gasteiger partial charge on any atom is -0.756 e. The number of likely N-dealkylation sites (N-methyl/N-ethyl adjacent to an activating group) is 1. The third kappa shape index (κ3) is 39.9. The second-order valence-corrected chi connectivity index (χ2v) is 17.1. The number of nitrogens with zero attached hydrogens (tertiary/aromatic N) is 1. The molecule has 1 amide bonds. The predicted molar refractivity (Wildman–Crippen MR) is 237 cm³/mol. The maximum Gasteiger partial charge on any atom is 0.268 e. The van der Waals surface area contributed by atoms with Crippen molar-refractivity contribution >= 4 is 13.7 Å². The summed E-state index contributed by atoms with van der Waals surface area (Å²) in [5.74, 6) is -0.228. The predicted octanol–water partition coefficient (Wildman–Crippen LogP) is 11.6. The molecule has 8 nitrogen and oxygen atoms in total. The molecule has 0 fully saturated rings. The highest BCUT2D eigenvalue weighted by Gasteiger charge is 2.24. The molecule has 9 heteroatoms. The van der Waals surface area contributed by atoms with Gasteiger partial charge in [-0.2, -0.15) is 0 Å². The van der Waals surface area contributed by atoms with E-state index in [1.54, 1.807) is 0 Å². The fourth-order valence-corrected chi connectivity index (χ4v) is 6.40. The maximum atomic E-state index is 12.8. The lowest BCUT2D eigenvalue weighted by Crippen LogP contribution is -2.46. The molecule has 0 rings (SSSR count). The van der Waals surface area contributed by atoms with Crippen LogP contribution in [0, 0.1) is 0 Å². The zero-order valence-corrected chi connectivity index (χ0v) is 37.2. The molecule has 0 aliphatic carbocycles. The smallest absolute Gasteiger partial charge is 0.268 e. The van der Waals surface area contributed by atoms with Gasteiger partial charge in [-0.05, 0) is 64.2 Å². The van der Waals surface area contributed by atoms with Crippen molar-refractivity contribution in [3.63, 3.8) is 0 Å². The lowest BCUT2D eigenvalue weighted by Gasteiger charge is -2.30. The Balaban J connectivity index is 4.47. The first-order chi connectivity index (χ1) is 27.0. The highest BCUT2D eigenvalue weighted by atomic mass is 31.2. The number of phosphoric ester groups is 1. The van der Waals surface area contributed by atoms with E-state index in [0.29, 0.717) is 23.9 Å². The van der Waals surface area contributed by atoms with E-state index >= 15 is 0 Å². The Morgan fingerprint density at radius 3 is 1.52 bits per heavy atom. The number of amides is 1. The first-order valence-corrected chi connectivity index (χ1v) is 23.4. The van der Waals surface area contributed by atoms with Gasteiger partial charge >= 0.3 is 0 Å². The van der Waals surface area contributed by atoms with Crippen molar-refractivity contribution in [1.29, 1.82) is 0 Å². The summed E-state index contributed by atoms with van der Waals surface area (Å²) in [5.41, 5.74) is 0. The number of nitrogens with one attached hydrogen (secondary N) is 1. The molecule has 0 bridgehead atoms. The van der Waals surface area contributed by atoms with Crippen LogP contribution in [0.3, 0.4) is 0 Å². The van der Waals surface area contributed by atoms with Crippen LogP contribution in [-0.4, -0.2) is 68.5 Å². The van der Waals surface area contributed by atoms with E-state index in [0.717, 1.165) is 70.6 Å². The largest absolute Gasteiger partial charge is 0.756 e. The van der Waals surface area contributed by atoms with Gasteiger partial charge in [0.05, 0.1) is 39.9 Å². The fraction of sp³-hybridized carbons (Fsp3) is 0.681. The Bertz CT molecular complexity index is 1180. The molecule has 0 aromatic rings. The Morgan fingerprint density at radius 1 is 0.643 bits per heavy atom. The number of carbonyl (C=O) groups excluding carboxylic acids is 1. The molecule has 0 saturated carbocycles. The molecular weight excluding hydrogens is 719 g/mol. The Hall–Kier alpha value is -2.32. The van der Waals surface area contributed by atoms with Gasteiger partial charge in [0.15, 0.2) is 0 Å². The van der Waals surface area contributed by atoms with Crippen LogP contribution in [0.2, 0.25) is 0 Å². The highest BCUT2D eigenvalue weighted by molar-refractivity contribution is 7.45. The molecule has 0 aliphatic rings. The second-order valence-electron chi connectivity index (χ2n) is 15.7. The summed E-state index contributed by atoms with van der Waals surface area (Å²) < 4.78 is 23.2. The minimum absolute atomic E-state index is 0.00376. The lowest BCUT2D eigenvalue weighted by molar-refractivity contribution is -0.870. The number of aliphatic hydroxyl groups is 1. The van der Waals surface area contributed by atoms with Crippen LogP contribution < -0.4 is 10.2 Å². The van der Waals surface area contributed by atoms with Gasteiger partial charge in [0, 0.05) is 6.42 Å².